The van der Waals surface area contributed by atoms with Crippen LogP contribution in [0.15, 0.2) is 23.5 Å². The van der Waals surface area contributed by atoms with Crippen LogP contribution < -0.4 is 5.56 Å². The monoisotopic (exact) mass is 135 g/mol. The van der Waals surface area contributed by atoms with Crippen molar-refractivity contribution < 1.29 is 0 Å². The Bertz CT molecular complexity index is 400. The van der Waals surface area contributed by atoms with E-state index in [0.717, 1.165) is 0 Å². The fourth-order valence-electron chi connectivity index (χ4n) is 0.883. The van der Waals surface area contributed by atoms with Gasteiger partial charge in [0.15, 0.2) is 0 Å². The lowest BCUT2D eigenvalue weighted by Gasteiger charge is -1.82. The summed E-state index contributed by atoms with van der Waals surface area (Å²) in [5, 5.41) is 0.600. The van der Waals surface area contributed by atoms with E-state index in [4.69, 9.17) is 0 Å². The third-order valence-corrected chi connectivity index (χ3v) is 1.37. The number of fused-ring (bicyclic) bond motifs is 1. The average Bonchev–Trinajstić information content (AvgIpc) is 2.36. The second-order valence-electron chi connectivity index (χ2n) is 1.99. The van der Waals surface area contributed by atoms with Crippen LogP contribution >= 0.6 is 0 Å². The second-order valence-corrected chi connectivity index (χ2v) is 1.99. The van der Waals surface area contributed by atoms with Crippen molar-refractivity contribution in [3.05, 3.63) is 29.1 Å². The molecule has 0 bridgehead atoms. The fraction of sp³-hybridized carbons (Fsp3) is 0. The topological polar surface area (TPSA) is 61.5 Å². The van der Waals surface area contributed by atoms with Gasteiger partial charge in [-0.25, -0.2) is 4.98 Å². The first-order valence-electron chi connectivity index (χ1n) is 2.88. The van der Waals surface area contributed by atoms with Crippen LogP contribution in [0.5, 0.6) is 0 Å². The van der Waals surface area contributed by atoms with Crippen molar-refractivity contribution in [2.24, 2.45) is 0 Å². The van der Waals surface area contributed by atoms with Crippen molar-refractivity contribution in [3.8, 4) is 0 Å². The first kappa shape index (κ1) is 5.22. The summed E-state index contributed by atoms with van der Waals surface area (Å²) in [5.41, 5.74) is 0.593. The normalized spacial score (nSPS) is 10.4. The Balaban J connectivity index is 3.09. The average molecular weight is 135 g/mol. The lowest BCUT2D eigenvalue weighted by atomic mass is 10.4. The van der Waals surface area contributed by atoms with E-state index in [0.29, 0.717) is 10.9 Å². The molecule has 0 fully saturated rings. The van der Waals surface area contributed by atoms with Crippen molar-refractivity contribution in [2.75, 3.05) is 0 Å². The number of aromatic nitrogens is 3. The van der Waals surface area contributed by atoms with Gasteiger partial charge in [-0.15, -0.1) is 0 Å². The zero-order valence-electron chi connectivity index (χ0n) is 5.09. The molecular weight excluding hydrogens is 130 g/mol. The summed E-state index contributed by atoms with van der Waals surface area (Å²) in [7, 11) is 0. The smallest absolute Gasteiger partial charge is 0.260 e. The molecule has 2 N–H and O–H groups in total. The molecule has 4 heteroatoms. The molecule has 50 valence electrons. The molecule has 2 aromatic rings. The highest BCUT2D eigenvalue weighted by atomic mass is 16.1. The van der Waals surface area contributed by atoms with Crippen LogP contribution in [-0.2, 0) is 0 Å². The molecule has 0 aliphatic rings. The SMILES string of the molecule is O=c1[nH]cnc2c[nH]cc12. The van der Waals surface area contributed by atoms with Crippen LogP contribution in [0.25, 0.3) is 10.9 Å². The van der Waals surface area contributed by atoms with Crippen molar-refractivity contribution in [3.63, 3.8) is 0 Å². The van der Waals surface area contributed by atoms with Gasteiger partial charge in [-0.1, -0.05) is 0 Å². The molecule has 2 heterocycles. The Hall–Kier alpha value is -1.58. The Kier molecular flexibility index (Phi) is 0.887. The summed E-state index contributed by atoms with van der Waals surface area (Å²) >= 11 is 0. The van der Waals surface area contributed by atoms with Gasteiger partial charge < -0.3 is 9.97 Å². The van der Waals surface area contributed by atoms with Crippen LogP contribution in [0.1, 0.15) is 0 Å². The predicted octanol–water partition coefficient (Wildman–Crippen LogP) is 0.251. The molecule has 2 aromatic heterocycles. The van der Waals surface area contributed by atoms with E-state index >= 15 is 0 Å². The molecule has 0 aliphatic carbocycles. The van der Waals surface area contributed by atoms with Crippen molar-refractivity contribution >= 4 is 10.9 Å². The predicted molar refractivity (Wildman–Crippen MR) is 36.7 cm³/mol. The molecule has 2 rings (SSSR count). The third kappa shape index (κ3) is 0.556. The molecule has 10 heavy (non-hydrogen) atoms. The lowest BCUT2D eigenvalue weighted by molar-refractivity contribution is 1.18. The highest BCUT2D eigenvalue weighted by Gasteiger charge is 1.96. The number of nitrogens with zero attached hydrogens (tertiary/aromatic N) is 1. The fourth-order valence-corrected chi connectivity index (χ4v) is 0.883. The summed E-state index contributed by atoms with van der Waals surface area (Å²) in [6.07, 6.45) is 4.70. The van der Waals surface area contributed by atoms with E-state index < -0.39 is 0 Å². The summed E-state index contributed by atoms with van der Waals surface area (Å²) < 4.78 is 0. The van der Waals surface area contributed by atoms with E-state index in [1.165, 1.54) is 6.33 Å². The van der Waals surface area contributed by atoms with E-state index in [2.05, 4.69) is 15.0 Å². The van der Waals surface area contributed by atoms with Gasteiger partial charge in [0, 0.05) is 12.4 Å². The Morgan fingerprint density at radius 2 is 2.30 bits per heavy atom. The Morgan fingerprint density at radius 1 is 1.40 bits per heavy atom. The van der Waals surface area contributed by atoms with Gasteiger partial charge in [0.1, 0.15) is 0 Å². The number of hydrogen-bond acceptors (Lipinski definition) is 2. The highest BCUT2D eigenvalue weighted by molar-refractivity contribution is 5.75. The number of rotatable bonds is 0. The summed E-state index contributed by atoms with van der Waals surface area (Å²) in [5.74, 6) is 0. The highest BCUT2D eigenvalue weighted by Crippen LogP contribution is 2.00. The van der Waals surface area contributed by atoms with Crippen molar-refractivity contribution in [2.45, 2.75) is 0 Å². The molecule has 0 aromatic carbocycles. The summed E-state index contributed by atoms with van der Waals surface area (Å²) in [6, 6.07) is 0. The molecule has 0 aliphatic heterocycles. The number of H-pyrrole nitrogens is 2. The minimum absolute atomic E-state index is 0.105. The summed E-state index contributed by atoms with van der Waals surface area (Å²) in [4.78, 5) is 20.1. The molecular formula is C6H5N3O. The summed E-state index contributed by atoms with van der Waals surface area (Å²) in [6.45, 7) is 0. The molecule has 0 saturated carbocycles. The Labute approximate surface area is 55.9 Å². The van der Waals surface area contributed by atoms with Gasteiger partial charge in [-0.3, -0.25) is 4.79 Å². The molecule has 4 nitrogen and oxygen atoms in total. The minimum Gasteiger partial charge on any atom is -0.365 e. The molecule has 0 unspecified atom stereocenters. The minimum atomic E-state index is -0.105. The van der Waals surface area contributed by atoms with Crippen LogP contribution in [0.3, 0.4) is 0 Å². The maximum Gasteiger partial charge on any atom is 0.260 e. The lowest BCUT2D eigenvalue weighted by Crippen LogP contribution is -2.03. The quantitative estimate of drug-likeness (QED) is 0.544. The number of nitrogens with one attached hydrogen (secondary N) is 2. The van der Waals surface area contributed by atoms with Crippen LogP contribution in [0.2, 0.25) is 0 Å². The van der Waals surface area contributed by atoms with Gasteiger partial charge in [-0.05, 0) is 0 Å². The maximum atomic E-state index is 10.9. The third-order valence-electron chi connectivity index (χ3n) is 1.37. The first-order valence-corrected chi connectivity index (χ1v) is 2.88. The van der Waals surface area contributed by atoms with Crippen LogP contribution in [0, 0.1) is 0 Å². The van der Waals surface area contributed by atoms with Crippen molar-refractivity contribution in [1.82, 2.24) is 15.0 Å². The molecule has 0 saturated heterocycles. The van der Waals surface area contributed by atoms with E-state index in [-0.39, 0.29) is 5.56 Å². The molecule has 0 atom stereocenters. The Morgan fingerprint density at radius 3 is 3.10 bits per heavy atom. The molecule has 0 spiro atoms. The maximum absolute atomic E-state index is 10.9. The zero-order chi connectivity index (χ0) is 6.97. The largest absolute Gasteiger partial charge is 0.365 e. The van der Waals surface area contributed by atoms with Gasteiger partial charge in [-0.2, -0.15) is 0 Å². The van der Waals surface area contributed by atoms with Crippen LogP contribution in [-0.4, -0.2) is 15.0 Å². The van der Waals surface area contributed by atoms with Gasteiger partial charge in [0.05, 0.1) is 17.2 Å². The molecule has 0 radical (unpaired) electrons. The van der Waals surface area contributed by atoms with Gasteiger partial charge in [0.2, 0.25) is 0 Å². The van der Waals surface area contributed by atoms with Gasteiger partial charge in [0.25, 0.3) is 5.56 Å². The van der Waals surface area contributed by atoms with E-state index in [1.807, 2.05) is 0 Å². The number of aromatic amines is 2. The van der Waals surface area contributed by atoms with E-state index in [1.54, 1.807) is 12.4 Å². The van der Waals surface area contributed by atoms with Crippen LogP contribution in [0.4, 0.5) is 0 Å². The number of hydrogen-bond donors (Lipinski definition) is 2. The second kappa shape index (κ2) is 1.70. The van der Waals surface area contributed by atoms with Gasteiger partial charge >= 0.3 is 0 Å². The first-order chi connectivity index (χ1) is 4.88. The standard InChI is InChI=1S/C6H5N3O/c10-6-4-1-7-2-5(4)8-3-9-6/h1-3,7H,(H,8,9,10). The zero-order valence-corrected chi connectivity index (χ0v) is 5.09. The molecule has 0 amide bonds. The van der Waals surface area contributed by atoms with E-state index in [9.17, 15) is 4.79 Å². The van der Waals surface area contributed by atoms with Crippen molar-refractivity contribution in [1.29, 1.82) is 0 Å².